The lowest BCUT2D eigenvalue weighted by Gasteiger charge is -2.18. The maximum atomic E-state index is 11.4. The highest BCUT2D eigenvalue weighted by molar-refractivity contribution is 9.10. The van der Waals surface area contributed by atoms with Crippen molar-refractivity contribution in [2.75, 3.05) is 13.2 Å². The summed E-state index contributed by atoms with van der Waals surface area (Å²) in [7, 11) is 0. The average Bonchev–Trinajstić information content (AvgIpc) is 2.25. The molecule has 3 N–H and O–H groups in total. The van der Waals surface area contributed by atoms with Gasteiger partial charge in [0, 0.05) is 16.6 Å². The first-order valence-corrected chi connectivity index (χ1v) is 6.10. The number of amides is 1. The van der Waals surface area contributed by atoms with E-state index in [-0.39, 0.29) is 12.5 Å². The van der Waals surface area contributed by atoms with Crippen LogP contribution >= 0.6 is 15.9 Å². The Kier molecular flexibility index (Phi) is 4.96. The van der Waals surface area contributed by atoms with Crippen LogP contribution in [0.5, 0.6) is 5.75 Å². The summed E-state index contributed by atoms with van der Waals surface area (Å²) in [6, 6.07) is 7.31. The lowest BCUT2D eigenvalue weighted by molar-refractivity contribution is -0.123. The van der Waals surface area contributed by atoms with Gasteiger partial charge in [-0.15, -0.1) is 0 Å². The van der Waals surface area contributed by atoms with E-state index in [4.69, 9.17) is 10.5 Å². The summed E-state index contributed by atoms with van der Waals surface area (Å²) in [4.78, 5) is 11.4. The zero-order valence-corrected chi connectivity index (χ0v) is 11.6. The van der Waals surface area contributed by atoms with Gasteiger partial charge in [-0.3, -0.25) is 4.79 Å². The van der Waals surface area contributed by atoms with Crippen molar-refractivity contribution in [2.24, 2.45) is 5.73 Å². The van der Waals surface area contributed by atoms with Crippen LogP contribution in [0.3, 0.4) is 0 Å². The Morgan fingerprint density at radius 3 is 2.53 bits per heavy atom. The van der Waals surface area contributed by atoms with E-state index in [0.29, 0.717) is 12.3 Å². The summed E-state index contributed by atoms with van der Waals surface area (Å²) >= 11 is 3.32. The number of hydrogen-bond donors (Lipinski definition) is 2. The number of carbonyl (C=O) groups excluding carboxylic acids is 1. The van der Waals surface area contributed by atoms with Crippen molar-refractivity contribution in [3.05, 3.63) is 28.7 Å². The van der Waals surface area contributed by atoms with Gasteiger partial charge in [0.25, 0.3) is 5.91 Å². The summed E-state index contributed by atoms with van der Waals surface area (Å²) < 4.78 is 6.29. The van der Waals surface area contributed by atoms with Crippen LogP contribution in [0.15, 0.2) is 28.7 Å². The third-order valence-corrected chi connectivity index (χ3v) is 2.45. The van der Waals surface area contributed by atoms with Gasteiger partial charge in [-0.1, -0.05) is 15.9 Å². The molecule has 0 unspecified atom stereocenters. The second kappa shape index (κ2) is 6.02. The molecule has 4 nitrogen and oxygen atoms in total. The molecule has 0 aliphatic heterocycles. The topological polar surface area (TPSA) is 64.3 Å². The Hall–Kier alpha value is -1.07. The Morgan fingerprint density at radius 1 is 1.41 bits per heavy atom. The summed E-state index contributed by atoms with van der Waals surface area (Å²) in [5, 5.41) is 2.71. The third kappa shape index (κ3) is 6.28. The fourth-order valence-electron chi connectivity index (χ4n) is 1.06. The highest BCUT2D eigenvalue weighted by Gasteiger charge is 2.12. The number of nitrogens with two attached hydrogens (primary N) is 1. The van der Waals surface area contributed by atoms with E-state index in [9.17, 15) is 4.79 Å². The number of hydrogen-bond acceptors (Lipinski definition) is 3. The summed E-state index contributed by atoms with van der Waals surface area (Å²) in [5.41, 5.74) is 5.34. The molecule has 0 fully saturated rings. The van der Waals surface area contributed by atoms with Gasteiger partial charge in [0.2, 0.25) is 0 Å². The van der Waals surface area contributed by atoms with E-state index in [1.807, 2.05) is 26.0 Å². The fourth-order valence-corrected chi connectivity index (χ4v) is 1.32. The zero-order valence-electron chi connectivity index (χ0n) is 10.00. The largest absolute Gasteiger partial charge is 0.484 e. The normalized spacial score (nSPS) is 11.1. The molecule has 17 heavy (non-hydrogen) atoms. The van der Waals surface area contributed by atoms with Gasteiger partial charge in [-0.25, -0.2) is 0 Å². The smallest absolute Gasteiger partial charge is 0.258 e. The van der Waals surface area contributed by atoms with Crippen LogP contribution in [0.4, 0.5) is 0 Å². The van der Waals surface area contributed by atoms with Gasteiger partial charge in [-0.05, 0) is 38.1 Å². The van der Waals surface area contributed by atoms with E-state index in [1.54, 1.807) is 12.1 Å². The number of nitrogens with one attached hydrogen (secondary N) is 1. The minimum absolute atomic E-state index is 0.00227. The lowest BCUT2D eigenvalue weighted by atomic mass is 10.1. The molecule has 0 atom stereocenters. The molecule has 0 radical (unpaired) electrons. The van der Waals surface area contributed by atoms with Gasteiger partial charge in [-0.2, -0.15) is 0 Å². The number of ether oxygens (including phenoxy) is 1. The monoisotopic (exact) mass is 300 g/mol. The molecule has 0 aliphatic carbocycles. The van der Waals surface area contributed by atoms with E-state index in [1.165, 1.54) is 0 Å². The number of halogens is 1. The first-order valence-electron chi connectivity index (χ1n) is 5.31. The Balaban J connectivity index is 2.31. The number of benzene rings is 1. The van der Waals surface area contributed by atoms with E-state index in [0.717, 1.165) is 4.47 Å². The zero-order chi connectivity index (χ0) is 12.9. The van der Waals surface area contributed by atoms with Crippen molar-refractivity contribution >= 4 is 21.8 Å². The van der Waals surface area contributed by atoms with Crippen molar-refractivity contribution in [1.82, 2.24) is 5.32 Å². The van der Waals surface area contributed by atoms with Gasteiger partial charge < -0.3 is 15.8 Å². The molecular weight excluding hydrogens is 284 g/mol. The van der Waals surface area contributed by atoms with Gasteiger partial charge >= 0.3 is 0 Å². The molecule has 5 heteroatoms. The molecule has 0 saturated carbocycles. The summed E-state index contributed by atoms with van der Waals surface area (Å²) in [6.07, 6.45) is 0. The number of carbonyl (C=O) groups is 1. The second-order valence-electron chi connectivity index (χ2n) is 4.51. The molecule has 1 rings (SSSR count). The highest BCUT2D eigenvalue weighted by atomic mass is 79.9. The molecule has 0 aromatic heterocycles. The van der Waals surface area contributed by atoms with Crippen molar-refractivity contribution in [1.29, 1.82) is 0 Å². The lowest BCUT2D eigenvalue weighted by Crippen LogP contribution is -2.46. The maximum absolute atomic E-state index is 11.4. The van der Waals surface area contributed by atoms with Crippen molar-refractivity contribution in [3.63, 3.8) is 0 Å². The van der Waals surface area contributed by atoms with Crippen LogP contribution in [0.2, 0.25) is 0 Å². The van der Waals surface area contributed by atoms with Crippen LogP contribution in [0, 0.1) is 0 Å². The first kappa shape index (κ1) is 14.0. The van der Waals surface area contributed by atoms with Gasteiger partial charge in [0.1, 0.15) is 5.75 Å². The van der Waals surface area contributed by atoms with Crippen LogP contribution in [0.25, 0.3) is 0 Å². The maximum Gasteiger partial charge on any atom is 0.258 e. The first-order chi connectivity index (χ1) is 7.87. The predicted octanol–water partition coefficient (Wildman–Crippen LogP) is 1.68. The molecule has 0 bridgehead atoms. The van der Waals surface area contributed by atoms with Crippen molar-refractivity contribution < 1.29 is 9.53 Å². The molecule has 1 aromatic carbocycles. The fraction of sp³-hybridized carbons (Fsp3) is 0.417. The predicted molar refractivity (Wildman–Crippen MR) is 70.9 cm³/mol. The molecule has 1 aromatic rings. The summed E-state index contributed by atoms with van der Waals surface area (Å²) in [5.74, 6) is 0.488. The Labute approximate surface area is 110 Å². The molecule has 0 heterocycles. The van der Waals surface area contributed by atoms with Crippen LogP contribution in [-0.4, -0.2) is 24.6 Å². The minimum atomic E-state index is -0.409. The average molecular weight is 301 g/mol. The van der Waals surface area contributed by atoms with E-state index in [2.05, 4.69) is 21.2 Å². The standard InChI is InChI=1S/C12H17BrN2O2/c1-12(2,14)8-15-11(16)7-17-10-5-3-9(13)4-6-10/h3-6H,7-8,14H2,1-2H3,(H,15,16). The second-order valence-corrected chi connectivity index (χ2v) is 5.42. The molecule has 0 spiro atoms. The highest BCUT2D eigenvalue weighted by Crippen LogP contribution is 2.15. The van der Waals surface area contributed by atoms with E-state index >= 15 is 0 Å². The van der Waals surface area contributed by atoms with Crippen LogP contribution in [0.1, 0.15) is 13.8 Å². The van der Waals surface area contributed by atoms with Crippen molar-refractivity contribution in [3.8, 4) is 5.75 Å². The quantitative estimate of drug-likeness (QED) is 0.869. The molecule has 1 amide bonds. The molecule has 0 aliphatic rings. The SMILES string of the molecule is CC(C)(N)CNC(=O)COc1ccc(Br)cc1. The van der Waals surface area contributed by atoms with Gasteiger partial charge in [0.15, 0.2) is 6.61 Å². The van der Waals surface area contributed by atoms with Crippen LogP contribution < -0.4 is 15.8 Å². The van der Waals surface area contributed by atoms with E-state index < -0.39 is 5.54 Å². The Morgan fingerprint density at radius 2 is 2.00 bits per heavy atom. The van der Waals surface area contributed by atoms with Crippen molar-refractivity contribution in [2.45, 2.75) is 19.4 Å². The Bertz CT molecular complexity index is 371. The third-order valence-electron chi connectivity index (χ3n) is 1.92. The molecule has 0 saturated heterocycles. The molecular formula is C12H17BrN2O2. The number of rotatable bonds is 5. The van der Waals surface area contributed by atoms with Crippen LogP contribution in [-0.2, 0) is 4.79 Å². The summed E-state index contributed by atoms with van der Waals surface area (Å²) in [6.45, 7) is 4.12. The molecule has 94 valence electrons. The van der Waals surface area contributed by atoms with Gasteiger partial charge in [0.05, 0.1) is 0 Å². The minimum Gasteiger partial charge on any atom is -0.484 e.